The van der Waals surface area contributed by atoms with E-state index in [1.165, 1.54) is 384 Å². The van der Waals surface area contributed by atoms with E-state index in [9.17, 15) is 0 Å². The van der Waals surface area contributed by atoms with E-state index in [1.54, 1.807) is 0 Å². The van der Waals surface area contributed by atoms with Crippen molar-refractivity contribution in [1.29, 1.82) is 0 Å². The maximum absolute atomic E-state index is 16.9. The Bertz CT molecular complexity index is 3690. The molecule has 0 N–H and O–H groups in total. The second-order valence-corrected chi connectivity index (χ2v) is 42.5. The van der Waals surface area contributed by atoms with Gasteiger partial charge in [-0.25, -0.2) is 0 Å². The van der Waals surface area contributed by atoms with Crippen LogP contribution in [0.5, 0.6) is 0 Å². The Kier molecular flexibility index (Phi) is 37.3. The SMILES string of the molecule is CCCCCCCCCCCCC1(CCCCCCCCCCCC)C(=O)c2cc(C)sc2-c2sc(-c3cc4sc(-c5cc6c(s5)-c5sc(-c7cc8sc(C)cc8s7)cc5C(CCC(CCCCCCC)CCCCCCCCC)(CCC(CCCCCCC)CCCCCCCCC)C6=O)cc4s3)cc21. The first-order valence-corrected chi connectivity index (χ1v) is 51.2. The molecule has 2 aliphatic carbocycles. The van der Waals surface area contributed by atoms with Crippen LogP contribution < -0.4 is 0 Å². The molecule has 0 aromatic carbocycles. The Labute approximate surface area is 678 Å². The zero-order valence-corrected chi connectivity index (χ0v) is 74.6. The van der Waals surface area contributed by atoms with Crippen LogP contribution in [0.3, 0.4) is 0 Å². The standard InChI is InChI=1S/C96H142O2S8/c1-9-15-21-27-31-33-35-39-45-51-59-95(60-52-46-40-36-34-32-28-22-16-10-2)77-66-81(105-91(77)89-75(93(95)97)63-71(7)100-89)86-70-88-87(103-86)69-84(102-88)80-65-76-90(104-80)92-78(67-82(106-92)85-68-83-79(101-85)64-72(8)99-83)96(94(76)98,61-57-73(53-47-41-25-19-13-5)55-49-43-37-29-23-17-11-3)62-58-74(54-48-42-26-20-14-6)56-50-44-38-30-24-18-12-4/h63-70,73-74H,9-62H2,1-8H3. The van der Waals surface area contributed by atoms with E-state index in [-0.39, 0.29) is 0 Å². The molecular formula is C96H142O2S8. The monoisotopic (exact) mass is 1580 g/mol. The number of Topliss-reactive ketones (excluding diaryl/α,β-unsaturated/α-hetero) is 2. The fourth-order valence-electron chi connectivity index (χ4n) is 18.4. The molecule has 106 heavy (non-hydrogen) atoms. The molecule has 2 aliphatic rings. The molecule has 2 nitrogen and oxygen atoms in total. The van der Waals surface area contributed by atoms with Gasteiger partial charge in [0.2, 0.25) is 0 Å². The number of carbonyl (C=O) groups is 2. The molecule has 0 fully saturated rings. The summed E-state index contributed by atoms with van der Waals surface area (Å²) in [6, 6.07) is 19.7. The second-order valence-electron chi connectivity index (χ2n) is 33.5. The molecule has 8 heterocycles. The van der Waals surface area contributed by atoms with Gasteiger partial charge >= 0.3 is 0 Å². The molecule has 0 spiro atoms. The molecule has 0 saturated heterocycles. The molecule has 8 aromatic heterocycles. The first-order chi connectivity index (χ1) is 52.0. The summed E-state index contributed by atoms with van der Waals surface area (Å²) in [5.41, 5.74) is 3.76. The van der Waals surface area contributed by atoms with Gasteiger partial charge in [0.25, 0.3) is 0 Å². The normalized spacial score (nSPS) is 15.4. The molecule has 0 saturated carbocycles. The number of ketones is 2. The molecule has 2 unspecified atom stereocenters. The fraction of sp³-hybridized carbons (Fsp3) is 0.688. The van der Waals surface area contributed by atoms with Crippen LogP contribution in [0.1, 0.15) is 430 Å². The van der Waals surface area contributed by atoms with Crippen molar-refractivity contribution in [3.63, 3.8) is 0 Å². The summed E-state index contributed by atoms with van der Waals surface area (Å²) < 4.78 is 5.49. The zero-order valence-electron chi connectivity index (χ0n) is 68.0. The number of hydrogen-bond acceptors (Lipinski definition) is 10. The van der Waals surface area contributed by atoms with Crippen LogP contribution in [0.25, 0.3) is 67.6 Å². The molecule has 10 heteroatoms. The number of aryl methyl sites for hydroxylation is 2. The summed E-state index contributed by atoms with van der Waals surface area (Å²) in [5, 5.41) is 0. The molecule has 8 aromatic rings. The highest BCUT2D eigenvalue weighted by Crippen LogP contribution is 2.60. The van der Waals surface area contributed by atoms with Crippen molar-refractivity contribution in [1.82, 2.24) is 0 Å². The predicted molar refractivity (Wildman–Crippen MR) is 483 cm³/mol. The van der Waals surface area contributed by atoms with Crippen molar-refractivity contribution in [2.45, 2.75) is 413 Å². The Morgan fingerprint density at radius 2 is 0.509 bits per heavy atom. The lowest BCUT2D eigenvalue weighted by Gasteiger charge is -2.38. The Morgan fingerprint density at radius 1 is 0.245 bits per heavy atom. The fourth-order valence-corrected chi connectivity index (χ4v) is 28.3. The van der Waals surface area contributed by atoms with Gasteiger partial charge in [0, 0.05) is 78.7 Å². The van der Waals surface area contributed by atoms with Crippen molar-refractivity contribution in [2.75, 3.05) is 0 Å². The van der Waals surface area contributed by atoms with Gasteiger partial charge in [-0.3, -0.25) is 9.59 Å². The van der Waals surface area contributed by atoms with Gasteiger partial charge in [0.15, 0.2) is 11.6 Å². The molecule has 2 atom stereocenters. The molecule has 0 bridgehead atoms. The van der Waals surface area contributed by atoms with Crippen LogP contribution in [-0.2, 0) is 10.8 Å². The Morgan fingerprint density at radius 3 is 0.868 bits per heavy atom. The Balaban J connectivity index is 0.977. The van der Waals surface area contributed by atoms with Crippen LogP contribution in [0.2, 0.25) is 0 Å². The van der Waals surface area contributed by atoms with Gasteiger partial charge in [0.1, 0.15) is 0 Å². The summed E-state index contributed by atoms with van der Waals surface area (Å²) in [6.45, 7) is 18.5. The maximum atomic E-state index is 16.9. The van der Waals surface area contributed by atoms with E-state index >= 15 is 9.59 Å². The van der Waals surface area contributed by atoms with Crippen molar-refractivity contribution in [3.05, 3.63) is 80.5 Å². The zero-order chi connectivity index (χ0) is 74.4. The van der Waals surface area contributed by atoms with E-state index in [4.69, 9.17) is 0 Å². The van der Waals surface area contributed by atoms with E-state index in [0.717, 1.165) is 62.5 Å². The smallest absolute Gasteiger partial charge is 0.174 e. The van der Waals surface area contributed by atoms with Crippen molar-refractivity contribution in [2.24, 2.45) is 11.8 Å². The average molecular weight is 1580 g/mol. The summed E-state index contributed by atoms with van der Waals surface area (Å²) >= 11 is 15.6. The van der Waals surface area contributed by atoms with Crippen LogP contribution in [0.15, 0.2) is 48.5 Å². The van der Waals surface area contributed by atoms with E-state index in [2.05, 4.69) is 104 Å². The molecule has 0 amide bonds. The van der Waals surface area contributed by atoms with Gasteiger partial charge in [-0.05, 0) is 124 Å². The second kappa shape index (κ2) is 46.0. The lowest BCUT2D eigenvalue weighted by atomic mass is 9.63. The van der Waals surface area contributed by atoms with Crippen LogP contribution in [0, 0.1) is 25.7 Å². The number of carbonyl (C=O) groups excluding carboxylic acids is 2. The van der Waals surface area contributed by atoms with Gasteiger partial charge in [0.05, 0.1) is 20.6 Å². The number of thiophene rings is 8. The van der Waals surface area contributed by atoms with Crippen molar-refractivity contribution < 1.29 is 9.59 Å². The van der Waals surface area contributed by atoms with Gasteiger partial charge < -0.3 is 0 Å². The average Bonchev–Trinajstić information content (AvgIpc) is 1.54. The third kappa shape index (κ3) is 23.8. The summed E-state index contributed by atoms with van der Waals surface area (Å²) in [4.78, 5) is 48.4. The van der Waals surface area contributed by atoms with Gasteiger partial charge in [-0.2, -0.15) is 0 Å². The first-order valence-electron chi connectivity index (χ1n) is 44.6. The van der Waals surface area contributed by atoms with Crippen LogP contribution in [0.4, 0.5) is 0 Å². The van der Waals surface area contributed by atoms with Crippen LogP contribution in [-0.4, -0.2) is 11.6 Å². The maximum Gasteiger partial charge on any atom is 0.174 e. The largest absolute Gasteiger partial charge is 0.293 e. The minimum atomic E-state index is -0.544. The summed E-state index contributed by atoms with van der Waals surface area (Å²) in [6.07, 6.45) is 69.9. The lowest BCUT2D eigenvalue weighted by Crippen LogP contribution is -2.39. The Hall–Kier alpha value is -2.54. The van der Waals surface area contributed by atoms with Gasteiger partial charge in [-0.1, -0.05) is 350 Å². The highest BCUT2D eigenvalue weighted by atomic mass is 32.1. The molecule has 0 radical (unpaired) electrons. The highest BCUT2D eigenvalue weighted by molar-refractivity contribution is 7.35. The first kappa shape index (κ1) is 85.9. The molecule has 0 aliphatic heterocycles. The summed E-state index contributed by atoms with van der Waals surface area (Å²) in [7, 11) is 0. The van der Waals surface area contributed by atoms with E-state index in [1.807, 2.05) is 90.7 Å². The molecular weight excluding hydrogens is 1440 g/mol. The van der Waals surface area contributed by atoms with Gasteiger partial charge in [-0.15, -0.1) is 90.7 Å². The number of unbranched alkanes of at least 4 members (excludes halogenated alkanes) is 38. The predicted octanol–water partition coefficient (Wildman–Crippen LogP) is 36.7. The third-order valence-electron chi connectivity index (χ3n) is 24.9. The number of rotatable bonds is 59. The topological polar surface area (TPSA) is 34.1 Å². The van der Waals surface area contributed by atoms with Crippen molar-refractivity contribution >= 4 is 121 Å². The minimum absolute atomic E-state index is 0.418. The molecule has 586 valence electrons. The minimum Gasteiger partial charge on any atom is -0.293 e. The summed E-state index contributed by atoms with van der Waals surface area (Å²) in [5.74, 6) is 2.18. The highest BCUT2D eigenvalue weighted by Gasteiger charge is 2.50. The lowest BCUT2D eigenvalue weighted by molar-refractivity contribution is 0.0839. The number of hydrogen-bond donors (Lipinski definition) is 0. The quantitative estimate of drug-likeness (QED) is 0.0356. The van der Waals surface area contributed by atoms with Crippen LogP contribution >= 0.6 is 90.7 Å². The van der Waals surface area contributed by atoms with E-state index < -0.39 is 10.8 Å². The third-order valence-corrected chi connectivity index (χ3v) is 34.7. The van der Waals surface area contributed by atoms with Crippen molar-refractivity contribution in [3.8, 4) is 48.8 Å². The van der Waals surface area contributed by atoms with E-state index in [0.29, 0.717) is 23.4 Å². The number of fused-ring (bicyclic) bond motifs is 8. The molecule has 10 rings (SSSR count).